The summed E-state index contributed by atoms with van der Waals surface area (Å²) in [6.07, 6.45) is 2.76. The van der Waals surface area contributed by atoms with E-state index in [9.17, 15) is 5.11 Å². The van der Waals surface area contributed by atoms with Crippen molar-refractivity contribution in [2.45, 2.75) is 38.7 Å². The van der Waals surface area contributed by atoms with Crippen molar-refractivity contribution in [2.24, 2.45) is 0 Å². The SMILES string of the molecule is CCCNc1nc(N(C)C)nc(N2CCCC(C)(O)C2)n1. The molecule has 1 aliphatic heterocycles. The lowest BCUT2D eigenvalue weighted by Crippen LogP contribution is -2.47. The smallest absolute Gasteiger partial charge is 0.232 e. The molecular formula is C14H26N6O. The second-order valence-corrected chi connectivity index (χ2v) is 6.10. The fraction of sp³-hybridized carbons (Fsp3) is 0.786. The van der Waals surface area contributed by atoms with E-state index in [1.54, 1.807) is 0 Å². The molecule has 2 heterocycles. The van der Waals surface area contributed by atoms with Gasteiger partial charge in [-0.2, -0.15) is 15.0 Å². The van der Waals surface area contributed by atoms with Gasteiger partial charge in [-0.3, -0.25) is 0 Å². The van der Waals surface area contributed by atoms with Gasteiger partial charge in [0.25, 0.3) is 0 Å². The first-order valence-corrected chi connectivity index (χ1v) is 7.56. The van der Waals surface area contributed by atoms with E-state index in [-0.39, 0.29) is 0 Å². The first kappa shape index (κ1) is 15.8. The molecule has 0 radical (unpaired) electrons. The Bertz CT molecular complexity index is 477. The van der Waals surface area contributed by atoms with Crippen LogP contribution in [-0.2, 0) is 0 Å². The van der Waals surface area contributed by atoms with Gasteiger partial charge >= 0.3 is 0 Å². The first-order valence-electron chi connectivity index (χ1n) is 7.56. The van der Waals surface area contributed by atoms with Crippen LogP contribution in [0, 0.1) is 0 Å². The van der Waals surface area contributed by atoms with Crippen molar-refractivity contribution in [3.63, 3.8) is 0 Å². The second-order valence-electron chi connectivity index (χ2n) is 6.10. The largest absolute Gasteiger partial charge is 0.388 e. The molecule has 7 heteroatoms. The van der Waals surface area contributed by atoms with Gasteiger partial charge in [0.05, 0.1) is 5.60 Å². The zero-order valence-electron chi connectivity index (χ0n) is 13.4. The minimum Gasteiger partial charge on any atom is -0.388 e. The van der Waals surface area contributed by atoms with E-state index in [4.69, 9.17) is 0 Å². The summed E-state index contributed by atoms with van der Waals surface area (Å²) >= 11 is 0. The fourth-order valence-corrected chi connectivity index (χ4v) is 2.40. The zero-order chi connectivity index (χ0) is 15.5. The number of aromatic nitrogens is 3. The van der Waals surface area contributed by atoms with E-state index in [2.05, 4.69) is 27.2 Å². The van der Waals surface area contributed by atoms with E-state index >= 15 is 0 Å². The summed E-state index contributed by atoms with van der Waals surface area (Å²) in [5, 5.41) is 13.5. The average molecular weight is 294 g/mol. The second kappa shape index (κ2) is 6.43. The van der Waals surface area contributed by atoms with Gasteiger partial charge in [-0.1, -0.05) is 6.92 Å². The molecule has 0 saturated carbocycles. The Hall–Kier alpha value is -1.63. The van der Waals surface area contributed by atoms with Crippen LogP contribution in [0.3, 0.4) is 0 Å². The first-order chi connectivity index (χ1) is 9.91. The lowest BCUT2D eigenvalue weighted by Gasteiger charge is -2.37. The number of anilines is 3. The average Bonchev–Trinajstić information content (AvgIpc) is 2.43. The van der Waals surface area contributed by atoms with E-state index in [0.717, 1.165) is 32.4 Å². The van der Waals surface area contributed by atoms with Crippen molar-refractivity contribution in [3.05, 3.63) is 0 Å². The summed E-state index contributed by atoms with van der Waals surface area (Å²) in [6, 6.07) is 0. The van der Waals surface area contributed by atoms with E-state index in [1.165, 1.54) is 0 Å². The minimum atomic E-state index is -0.680. The summed E-state index contributed by atoms with van der Waals surface area (Å²) in [6.45, 7) is 6.21. The van der Waals surface area contributed by atoms with Crippen LogP contribution < -0.4 is 15.1 Å². The normalized spacial score (nSPS) is 22.2. The Balaban J connectivity index is 2.26. The molecule has 1 unspecified atom stereocenters. The van der Waals surface area contributed by atoms with Crippen LogP contribution in [0.25, 0.3) is 0 Å². The highest BCUT2D eigenvalue weighted by molar-refractivity contribution is 5.45. The monoisotopic (exact) mass is 294 g/mol. The van der Waals surface area contributed by atoms with Crippen LogP contribution >= 0.6 is 0 Å². The van der Waals surface area contributed by atoms with Crippen LogP contribution in [0.5, 0.6) is 0 Å². The number of nitrogens with zero attached hydrogens (tertiary/aromatic N) is 5. The predicted octanol–water partition coefficient (Wildman–Crippen LogP) is 1.11. The molecule has 21 heavy (non-hydrogen) atoms. The van der Waals surface area contributed by atoms with E-state index < -0.39 is 5.60 Å². The summed E-state index contributed by atoms with van der Waals surface area (Å²) in [4.78, 5) is 17.3. The van der Waals surface area contributed by atoms with Gasteiger partial charge in [0, 0.05) is 33.7 Å². The van der Waals surface area contributed by atoms with Gasteiger partial charge in [-0.25, -0.2) is 0 Å². The number of β-amino-alcohol motifs (C(OH)–C–C–N with tert-alkyl or cyclic N) is 1. The van der Waals surface area contributed by atoms with Crippen LogP contribution in [-0.4, -0.2) is 59.4 Å². The van der Waals surface area contributed by atoms with Crippen LogP contribution in [0.4, 0.5) is 17.8 Å². The molecule has 0 spiro atoms. The summed E-state index contributed by atoms with van der Waals surface area (Å²) < 4.78 is 0. The molecule has 1 aromatic rings. The summed E-state index contributed by atoms with van der Waals surface area (Å²) in [5.41, 5.74) is -0.680. The number of rotatable bonds is 5. The number of nitrogens with one attached hydrogen (secondary N) is 1. The Morgan fingerprint density at radius 1 is 1.33 bits per heavy atom. The standard InChI is InChI=1S/C14H26N6O/c1-5-8-15-11-16-12(19(3)4)18-13(17-11)20-9-6-7-14(2,21)10-20/h21H,5-10H2,1-4H3,(H,15,16,17,18). The number of piperidine rings is 1. The van der Waals surface area contributed by atoms with Crippen LogP contribution in [0.15, 0.2) is 0 Å². The maximum Gasteiger partial charge on any atom is 0.232 e. The molecule has 1 aromatic heterocycles. The van der Waals surface area contributed by atoms with E-state index in [1.807, 2.05) is 30.8 Å². The van der Waals surface area contributed by atoms with Gasteiger partial charge in [0.15, 0.2) is 0 Å². The number of aliphatic hydroxyl groups is 1. The molecule has 0 amide bonds. The molecule has 118 valence electrons. The molecular weight excluding hydrogens is 268 g/mol. The highest BCUT2D eigenvalue weighted by atomic mass is 16.3. The van der Waals surface area contributed by atoms with Crippen molar-refractivity contribution in [1.29, 1.82) is 0 Å². The molecule has 1 atom stereocenters. The third-order valence-electron chi connectivity index (χ3n) is 3.50. The molecule has 0 aromatic carbocycles. The molecule has 0 bridgehead atoms. The van der Waals surface area contributed by atoms with Gasteiger partial charge in [-0.05, 0) is 26.2 Å². The van der Waals surface area contributed by atoms with Crippen molar-refractivity contribution in [2.75, 3.05) is 48.8 Å². The van der Waals surface area contributed by atoms with Crippen molar-refractivity contribution < 1.29 is 5.11 Å². The zero-order valence-corrected chi connectivity index (χ0v) is 13.4. The van der Waals surface area contributed by atoms with Crippen molar-refractivity contribution in [3.8, 4) is 0 Å². The number of hydrogen-bond donors (Lipinski definition) is 2. The maximum absolute atomic E-state index is 10.3. The Labute approximate surface area is 126 Å². The molecule has 1 saturated heterocycles. The summed E-state index contributed by atoms with van der Waals surface area (Å²) in [7, 11) is 3.82. The van der Waals surface area contributed by atoms with Gasteiger partial charge in [-0.15, -0.1) is 0 Å². The number of hydrogen-bond acceptors (Lipinski definition) is 7. The fourth-order valence-electron chi connectivity index (χ4n) is 2.40. The third-order valence-corrected chi connectivity index (χ3v) is 3.50. The molecule has 1 fully saturated rings. The highest BCUT2D eigenvalue weighted by Gasteiger charge is 2.30. The third kappa shape index (κ3) is 4.17. The highest BCUT2D eigenvalue weighted by Crippen LogP contribution is 2.24. The molecule has 1 aliphatic rings. The maximum atomic E-state index is 10.3. The molecule has 2 N–H and O–H groups in total. The van der Waals surface area contributed by atoms with Crippen molar-refractivity contribution in [1.82, 2.24) is 15.0 Å². The predicted molar refractivity (Wildman–Crippen MR) is 85.0 cm³/mol. The Morgan fingerprint density at radius 3 is 2.71 bits per heavy atom. The van der Waals surface area contributed by atoms with Gasteiger partial charge in [0.2, 0.25) is 17.8 Å². The van der Waals surface area contributed by atoms with Gasteiger partial charge < -0.3 is 20.2 Å². The van der Waals surface area contributed by atoms with E-state index in [0.29, 0.717) is 24.4 Å². The van der Waals surface area contributed by atoms with Crippen LogP contribution in [0.2, 0.25) is 0 Å². The quantitative estimate of drug-likeness (QED) is 0.842. The summed E-state index contributed by atoms with van der Waals surface area (Å²) in [5.74, 6) is 1.85. The van der Waals surface area contributed by atoms with Crippen LogP contribution in [0.1, 0.15) is 33.1 Å². The lowest BCUT2D eigenvalue weighted by molar-refractivity contribution is 0.0444. The molecule has 7 nitrogen and oxygen atoms in total. The topological polar surface area (TPSA) is 77.4 Å². The van der Waals surface area contributed by atoms with Gasteiger partial charge in [0.1, 0.15) is 0 Å². The minimum absolute atomic E-state index is 0.553. The molecule has 0 aliphatic carbocycles. The lowest BCUT2D eigenvalue weighted by atomic mass is 9.95. The molecule has 2 rings (SSSR count). The Kier molecular flexibility index (Phi) is 4.82. The van der Waals surface area contributed by atoms with Crippen molar-refractivity contribution >= 4 is 17.8 Å². The Morgan fingerprint density at radius 2 is 2.10 bits per heavy atom.